The van der Waals surface area contributed by atoms with Crippen LogP contribution in [0.25, 0.3) is 0 Å². The van der Waals surface area contributed by atoms with Crippen molar-refractivity contribution in [1.82, 2.24) is 0 Å². The molecule has 0 atom stereocenters. The van der Waals surface area contributed by atoms with Crippen LogP contribution >= 0.6 is 23.2 Å². The molecule has 0 aliphatic carbocycles. The summed E-state index contributed by atoms with van der Waals surface area (Å²) in [4.78, 5) is 10.6. The van der Waals surface area contributed by atoms with Crippen LogP contribution in [0, 0.1) is 0 Å². The monoisotopic (exact) mass is 268 g/mol. The summed E-state index contributed by atoms with van der Waals surface area (Å²) >= 11 is 11.2. The summed E-state index contributed by atoms with van der Waals surface area (Å²) in [6.07, 6.45) is 9.66. The predicted octanol–water partition coefficient (Wildman–Crippen LogP) is 4.78. The molecule has 96 valence electrons. The van der Waals surface area contributed by atoms with Crippen LogP contribution in [0.5, 0.6) is 0 Å². The van der Waals surface area contributed by atoms with Gasteiger partial charge >= 0.3 is 5.97 Å². The van der Waals surface area contributed by atoms with Crippen LogP contribution in [0.4, 0.5) is 0 Å². The van der Waals surface area contributed by atoms with Gasteiger partial charge in [0.15, 0.2) is 0 Å². The van der Waals surface area contributed by atoms with Gasteiger partial charge in [-0.2, -0.15) is 0 Å². The van der Waals surface area contributed by atoms with Gasteiger partial charge in [0, 0.05) is 0 Å². The SMILES string of the molecule is CCCCCCCCCCC(Cl)(Cl)C(=O)O. The highest BCUT2D eigenvalue weighted by atomic mass is 35.5. The van der Waals surface area contributed by atoms with Crippen molar-refractivity contribution in [2.24, 2.45) is 0 Å². The van der Waals surface area contributed by atoms with Gasteiger partial charge in [-0.15, -0.1) is 0 Å². The van der Waals surface area contributed by atoms with Crippen LogP contribution in [0.1, 0.15) is 64.7 Å². The lowest BCUT2D eigenvalue weighted by Gasteiger charge is -2.13. The molecule has 0 aliphatic heterocycles. The minimum Gasteiger partial charge on any atom is -0.479 e. The summed E-state index contributed by atoms with van der Waals surface area (Å²) in [6, 6.07) is 0. The highest BCUT2D eigenvalue weighted by Gasteiger charge is 2.32. The summed E-state index contributed by atoms with van der Waals surface area (Å²) in [6.45, 7) is 2.20. The topological polar surface area (TPSA) is 37.3 Å². The van der Waals surface area contributed by atoms with Crippen molar-refractivity contribution in [3.05, 3.63) is 0 Å². The fourth-order valence-electron chi connectivity index (χ4n) is 1.59. The zero-order chi connectivity index (χ0) is 12.4. The number of carboxylic acid groups (broad SMARTS) is 1. The molecule has 0 bridgehead atoms. The van der Waals surface area contributed by atoms with E-state index in [9.17, 15) is 4.79 Å². The third-order valence-corrected chi connectivity index (χ3v) is 3.36. The smallest absolute Gasteiger partial charge is 0.340 e. The van der Waals surface area contributed by atoms with Gasteiger partial charge in [-0.1, -0.05) is 75.1 Å². The van der Waals surface area contributed by atoms with E-state index in [-0.39, 0.29) is 0 Å². The molecule has 0 rings (SSSR count). The Morgan fingerprint density at radius 3 is 1.88 bits per heavy atom. The Labute approximate surface area is 108 Å². The summed E-state index contributed by atoms with van der Waals surface area (Å²) in [5.74, 6) is -1.14. The molecule has 4 heteroatoms. The predicted molar refractivity (Wildman–Crippen MR) is 69.3 cm³/mol. The Morgan fingerprint density at radius 1 is 1.00 bits per heavy atom. The van der Waals surface area contributed by atoms with Gasteiger partial charge < -0.3 is 5.11 Å². The second-order valence-corrected chi connectivity index (χ2v) is 5.72. The molecule has 0 heterocycles. The second kappa shape index (κ2) is 9.12. The van der Waals surface area contributed by atoms with E-state index in [0.29, 0.717) is 6.42 Å². The normalized spacial score (nSPS) is 11.7. The molecule has 0 aromatic carbocycles. The number of aliphatic carboxylic acids is 1. The van der Waals surface area contributed by atoms with Gasteiger partial charge in [0.2, 0.25) is 4.33 Å². The lowest BCUT2D eigenvalue weighted by Crippen LogP contribution is -2.25. The van der Waals surface area contributed by atoms with Crippen LogP contribution in [-0.2, 0) is 4.79 Å². The van der Waals surface area contributed by atoms with Gasteiger partial charge in [-0.05, 0) is 12.8 Å². The zero-order valence-corrected chi connectivity index (χ0v) is 11.5. The van der Waals surface area contributed by atoms with E-state index < -0.39 is 10.3 Å². The average molecular weight is 269 g/mol. The number of alkyl halides is 2. The second-order valence-electron chi connectivity index (χ2n) is 4.23. The average Bonchev–Trinajstić information content (AvgIpc) is 2.21. The Hall–Kier alpha value is 0.0500. The summed E-state index contributed by atoms with van der Waals surface area (Å²) < 4.78 is -1.60. The van der Waals surface area contributed by atoms with Crippen LogP contribution < -0.4 is 0 Å². The Kier molecular flexibility index (Phi) is 9.15. The van der Waals surface area contributed by atoms with E-state index in [1.54, 1.807) is 0 Å². The van der Waals surface area contributed by atoms with E-state index >= 15 is 0 Å². The number of halogens is 2. The lowest BCUT2D eigenvalue weighted by atomic mass is 10.1. The van der Waals surface area contributed by atoms with Gasteiger partial charge in [0.1, 0.15) is 0 Å². The molecule has 0 aromatic rings. The molecule has 0 spiro atoms. The van der Waals surface area contributed by atoms with Crippen molar-refractivity contribution in [1.29, 1.82) is 0 Å². The zero-order valence-electron chi connectivity index (χ0n) is 9.98. The Balaban J connectivity index is 3.30. The summed E-state index contributed by atoms with van der Waals surface area (Å²) in [5, 5.41) is 8.68. The van der Waals surface area contributed by atoms with E-state index in [1.165, 1.54) is 32.1 Å². The molecular weight excluding hydrogens is 247 g/mol. The maximum Gasteiger partial charge on any atom is 0.340 e. The highest BCUT2D eigenvalue weighted by Crippen LogP contribution is 2.28. The molecule has 0 saturated carbocycles. The fraction of sp³-hybridized carbons (Fsp3) is 0.917. The van der Waals surface area contributed by atoms with Crippen LogP contribution in [0.2, 0.25) is 0 Å². The Morgan fingerprint density at radius 2 is 1.44 bits per heavy atom. The maximum absolute atomic E-state index is 10.6. The van der Waals surface area contributed by atoms with Gasteiger partial charge in [-0.25, -0.2) is 4.79 Å². The molecular formula is C12H22Cl2O2. The fourth-order valence-corrected chi connectivity index (χ4v) is 1.86. The maximum atomic E-state index is 10.6. The van der Waals surface area contributed by atoms with Crippen molar-refractivity contribution in [3.8, 4) is 0 Å². The summed E-state index contributed by atoms with van der Waals surface area (Å²) in [5.41, 5.74) is 0. The van der Waals surface area contributed by atoms with Crippen LogP contribution in [0.3, 0.4) is 0 Å². The number of hydrogen-bond acceptors (Lipinski definition) is 1. The number of unbranched alkanes of at least 4 members (excludes halogenated alkanes) is 7. The molecule has 0 aliphatic rings. The van der Waals surface area contributed by atoms with Crippen molar-refractivity contribution < 1.29 is 9.90 Å². The van der Waals surface area contributed by atoms with Gasteiger partial charge in [0.05, 0.1) is 0 Å². The number of carbonyl (C=O) groups is 1. The van der Waals surface area contributed by atoms with Crippen LogP contribution in [0.15, 0.2) is 0 Å². The summed E-state index contributed by atoms with van der Waals surface area (Å²) in [7, 11) is 0. The third-order valence-electron chi connectivity index (χ3n) is 2.66. The van der Waals surface area contributed by atoms with Crippen molar-refractivity contribution in [2.45, 2.75) is 69.0 Å². The van der Waals surface area contributed by atoms with Gasteiger partial charge in [0.25, 0.3) is 0 Å². The molecule has 0 amide bonds. The lowest BCUT2D eigenvalue weighted by molar-refractivity contribution is -0.138. The molecule has 2 nitrogen and oxygen atoms in total. The largest absolute Gasteiger partial charge is 0.479 e. The molecule has 0 saturated heterocycles. The molecule has 0 unspecified atom stereocenters. The molecule has 1 N–H and O–H groups in total. The molecule has 0 radical (unpaired) electrons. The highest BCUT2D eigenvalue weighted by molar-refractivity contribution is 6.57. The minimum absolute atomic E-state index is 0.334. The number of rotatable bonds is 10. The minimum atomic E-state index is -1.60. The number of carboxylic acids is 1. The first-order valence-corrected chi connectivity index (χ1v) is 6.87. The molecule has 0 fully saturated rings. The van der Waals surface area contributed by atoms with E-state index in [2.05, 4.69) is 6.92 Å². The van der Waals surface area contributed by atoms with E-state index in [4.69, 9.17) is 28.3 Å². The van der Waals surface area contributed by atoms with Crippen molar-refractivity contribution >= 4 is 29.2 Å². The quantitative estimate of drug-likeness (QED) is 0.458. The van der Waals surface area contributed by atoms with Crippen molar-refractivity contribution in [2.75, 3.05) is 0 Å². The first kappa shape index (κ1) is 16.1. The first-order chi connectivity index (χ1) is 7.50. The van der Waals surface area contributed by atoms with E-state index in [0.717, 1.165) is 19.3 Å². The van der Waals surface area contributed by atoms with Gasteiger partial charge in [-0.3, -0.25) is 0 Å². The third kappa shape index (κ3) is 8.23. The Bertz CT molecular complexity index is 193. The number of hydrogen-bond donors (Lipinski definition) is 1. The van der Waals surface area contributed by atoms with E-state index in [1.807, 2.05) is 0 Å². The first-order valence-electron chi connectivity index (χ1n) is 6.12. The standard InChI is InChI=1S/C12H22Cl2O2/c1-2-3-4-5-6-7-8-9-10-12(13,14)11(15)16/h2-10H2,1H3,(H,15,16). The van der Waals surface area contributed by atoms with Crippen molar-refractivity contribution in [3.63, 3.8) is 0 Å². The van der Waals surface area contributed by atoms with Crippen LogP contribution in [-0.4, -0.2) is 15.4 Å². The molecule has 16 heavy (non-hydrogen) atoms. The molecule has 0 aromatic heterocycles.